The Morgan fingerprint density at radius 3 is 2.97 bits per heavy atom. The first-order chi connectivity index (χ1) is 14.2. The van der Waals surface area contributed by atoms with Gasteiger partial charge in [0.25, 0.3) is 0 Å². The molecule has 1 atom stereocenters. The van der Waals surface area contributed by atoms with Gasteiger partial charge in [-0.2, -0.15) is 5.10 Å². The summed E-state index contributed by atoms with van der Waals surface area (Å²) in [6.45, 7) is 2.27. The van der Waals surface area contributed by atoms with E-state index >= 15 is 0 Å². The van der Waals surface area contributed by atoms with Crippen molar-refractivity contribution in [1.82, 2.24) is 15.1 Å². The van der Waals surface area contributed by atoms with Crippen molar-refractivity contribution in [1.29, 1.82) is 0 Å². The van der Waals surface area contributed by atoms with Crippen LogP contribution in [0.4, 0.5) is 4.39 Å². The third-order valence-electron chi connectivity index (χ3n) is 5.47. The van der Waals surface area contributed by atoms with Crippen LogP contribution in [0.15, 0.2) is 54.7 Å². The standard InChI is InChI=1S/C23H24FN3O2/c1-29-21-10-3-2-9-20(21)23(28)17-7-5-11-27(14-17)15-18-13-25-26-22(18)16-6-4-8-19(24)12-16/h2-4,6,8-10,12-13,17H,5,7,11,14-15H2,1H3,(H,25,26)/t17-/m1/s1. The number of para-hydroxylation sites is 1. The fourth-order valence-electron chi connectivity index (χ4n) is 4.05. The Labute approximate surface area is 169 Å². The van der Waals surface area contributed by atoms with Crippen LogP contribution in [0.3, 0.4) is 0 Å². The largest absolute Gasteiger partial charge is 0.496 e. The van der Waals surface area contributed by atoms with Gasteiger partial charge in [0.15, 0.2) is 5.78 Å². The van der Waals surface area contributed by atoms with E-state index in [4.69, 9.17) is 4.74 Å². The quantitative estimate of drug-likeness (QED) is 0.634. The molecule has 3 aromatic rings. The number of piperidine rings is 1. The zero-order valence-corrected chi connectivity index (χ0v) is 16.4. The van der Waals surface area contributed by atoms with Gasteiger partial charge in [0.1, 0.15) is 11.6 Å². The molecule has 1 aliphatic rings. The molecule has 150 valence electrons. The first kappa shape index (κ1) is 19.3. The molecule has 1 fully saturated rings. The number of ketones is 1. The Balaban J connectivity index is 1.49. The minimum Gasteiger partial charge on any atom is -0.496 e. The number of nitrogens with zero attached hydrogens (tertiary/aromatic N) is 2. The first-order valence-electron chi connectivity index (χ1n) is 9.83. The lowest BCUT2D eigenvalue weighted by molar-refractivity contribution is 0.0809. The lowest BCUT2D eigenvalue weighted by Crippen LogP contribution is -2.38. The van der Waals surface area contributed by atoms with Crippen LogP contribution in [0.2, 0.25) is 0 Å². The van der Waals surface area contributed by atoms with Crippen molar-refractivity contribution in [3.63, 3.8) is 0 Å². The van der Waals surface area contributed by atoms with Crippen molar-refractivity contribution in [2.75, 3.05) is 20.2 Å². The third-order valence-corrected chi connectivity index (χ3v) is 5.47. The average Bonchev–Trinajstić information content (AvgIpc) is 3.21. The summed E-state index contributed by atoms with van der Waals surface area (Å²) in [7, 11) is 1.59. The molecule has 2 heterocycles. The van der Waals surface area contributed by atoms with Gasteiger partial charge in [0.2, 0.25) is 0 Å². The van der Waals surface area contributed by atoms with Crippen LogP contribution in [0.1, 0.15) is 28.8 Å². The number of aromatic nitrogens is 2. The van der Waals surface area contributed by atoms with Crippen LogP contribution in [0, 0.1) is 11.7 Å². The van der Waals surface area contributed by atoms with Gasteiger partial charge in [-0.25, -0.2) is 4.39 Å². The second-order valence-corrected chi connectivity index (χ2v) is 7.42. The summed E-state index contributed by atoms with van der Waals surface area (Å²) >= 11 is 0. The van der Waals surface area contributed by atoms with Crippen molar-refractivity contribution in [2.24, 2.45) is 5.92 Å². The van der Waals surface area contributed by atoms with E-state index in [-0.39, 0.29) is 17.5 Å². The SMILES string of the molecule is COc1ccccc1C(=O)[C@@H]1CCCN(Cc2cn[nH]c2-c2cccc(F)c2)C1. The molecular formula is C23H24FN3O2. The highest BCUT2D eigenvalue weighted by Gasteiger charge is 2.28. The van der Waals surface area contributed by atoms with Crippen molar-refractivity contribution >= 4 is 5.78 Å². The molecule has 0 saturated carbocycles. The summed E-state index contributed by atoms with van der Waals surface area (Å²) in [5.74, 6) is 0.413. The number of hydrogen-bond acceptors (Lipinski definition) is 4. The summed E-state index contributed by atoms with van der Waals surface area (Å²) in [6, 6.07) is 13.9. The van der Waals surface area contributed by atoms with Crippen molar-refractivity contribution in [3.8, 4) is 17.0 Å². The number of H-pyrrole nitrogens is 1. The van der Waals surface area contributed by atoms with Crippen LogP contribution in [0.25, 0.3) is 11.3 Å². The van der Waals surface area contributed by atoms with E-state index in [1.54, 1.807) is 19.4 Å². The molecule has 1 saturated heterocycles. The van der Waals surface area contributed by atoms with Gasteiger partial charge in [-0.15, -0.1) is 0 Å². The number of hydrogen-bond donors (Lipinski definition) is 1. The molecule has 0 amide bonds. The van der Waals surface area contributed by atoms with Crippen LogP contribution in [0.5, 0.6) is 5.75 Å². The molecule has 0 radical (unpaired) electrons. The first-order valence-corrected chi connectivity index (χ1v) is 9.83. The Morgan fingerprint density at radius 1 is 1.28 bits per heavy atom. The number of carbonyl (C=O) groups is 1. The Morgan fingerprint density at radius 2 is 2.14 bits per heavy atom. The van der Waals surface area contributed by atoms with Gasteiger partial charge < -0.3 is 4.74 Å². The normalized spacial score (nSPS) is 17.2. The van der Waals surface area contributed by atoms with Crippen LogP contribution < -0.4 is 4.74 Å². The number of aromatic amines is 1. The third kappa shape index (κ3) is 4.22. The van der Waals surface area contributed by atoms with Crippen molar-refractivity contribution in [2.45, 2.75) is 19.4 Å². The molecule has 5 nitrogen and oxygen atoms in total. The van der Waals surface area contributed by atoms with E-state index in [2.05, 4.69) is 15.1 Å². The number of nitrogens with one attached hydrogen (secondary N) is 1. The van der Waals surface area contributed by atoms with Crippen molar-refractivity contribution < 1.29 is 13.9 Å². The average molecular weight is 393 g/mol. The number of benzene rings is 2. The number of rotatable bonds is 6. The number of carbonyl (C=O) groups excluding carboxylic acids is 1. The maximum absolute atomic E-state index is 13.6. The number of ether oxygens (including phenoxy) is 1. The highest BCUT2D eigenvalue weighted by molar-refractivity contribution is 6.00. The summed E-state index contributed by atoms with van der Waals surface area (Å²) in [6.07, 6.45) is 3.61. The number of halogens is 1. The molecule has 29 heavy (non-hydrogen) atoms. The summed E-state index contributed by atoms with van der Waals surface area (Å²) in [5.41, 5.74) is 3.24. The zero-order valence-electron chi connectivity index (χ0n) is 16.4. The van der Waals surface area contributed by atoms with E-state index < -0.39 is 0 Å². The molecule has 0 bridgehead atoms. The molecule has 2 aromatic carbocycles. The smallest absolute Gasteiger partial charge is 0.170 e. The fourth-order valence-corrected chi connectivity index (χ4v) is 4.05. The predicted octanol–water partition coefficient (Wildman–Crippen LogP) is 4.32. The Kier molecular flexibility index (Phi) is 5.71. The molecule has 0 unspecified atom stereocenters. The van der Waals surface area contributed by atoms with Crippen LogP contribution in [-0.2, 0) is 6.54 Å². The summed E-state index contributed by atoms with van der Waals surface area (Å²) in [5, 5.41) is 7.15. The topological polar surface area (TPSA) is 58.2 Å². The molecule has 1 N–H and O–H groups in total. The summed E-state index contributed by atoms with van der Waals surface area (Å²) in [4.78, 5) is 15.4. The highest BCUT2D eigenvalue weighted by Crippen LogP contribution is 2.28. The Bertz CT molecular complexity index is 1000. The number of Topliss-reactive ketones (excluding diaryl/α,β-unsaturated/α-hetero) is 1. The second kappa shape index (κ2) is 8.57. The van der Waals surface area contributed by atoms with E-state index in [1.165, 1.54) is 12.1 Å². The van der Waals surface area contributed by atoms with Crippen LogP contribution in [-0.4, -0.2) is 41.1 Å². The highest BCUT2D eigenvalue weighted by atomic mass is 19.1. The molecule has 6 heteroatoms. The van der Waals surface area contributed by atoms with Gasteiger partial charge in [0, 0.05) is 30.1 Å². The van der Waals surface area contributed by atoms with Gasteiger partial charge in [-0.05, 0) is 43.7 Å². The maximum atomic E-state index is 13.6. The van der Waals surface area contributed by atoms with Crippen LogP contribution >= 0.6 is 0 Å². The molecule has 0 aliphatic carbocycles. The van der Waals surface area contributed by atoms with E-state index in [1.807, 2.05) is 30.3 Å². The lowest BCUT2D eigenvalue weighted by atomic mass is 9.89. The molecule has 1 aliphatic heterocycles. The lowest BCUT2D eigenvalue weighted by Gasteiger charge is -2.32. The van der Waals surface area contributed by atoms with Crippen molar-refractivity contribution in [3.05, 3.63) is 71.7 Å². The molecular weight excluding hydrogens is 369 g/mol. The molecule has 0 spiro atoms. The molecule has 4 rings (SSSR count). The van der Waals surface area contributed by atoms with Gasteiger partial charge in [-0.1, -0.05) is 24.3 Å². The van der Waals surface area contributed by atoms with Gasteiger partial charge >= 0.3 is 0 Å². The monoisotopic (exact) mass is 393 g/mol. The van der Waals surface area contributed by atoms with E-state index in [0.29, 0.717) is 24.4 Å². The fraction of sp³-hybridized carbons (Fsp3) is 0.304. The van der Waals surface area contributed by atoms with Gasteiger partial charge in [-0.3, -0.25) is 14.8 Å². The second-order valence-electron chi connectivity index (χ2n) is 7.42. The Hall–Kier alpha value is -2.99. The zero-order chi connectivity index (χ0) is 20.2. The number of methoxy groups -OCH3 is 1. The minimum absolute atomic E-state index is 0.0652. The maximum Gasteiger partial charge on any atom is 0.170 e. The van der Waals surface area contributed by atoms with E-state index in [9.17, 15) is 9.18 Å². The summed E-state index contributed by atoms with van der Waals surface area (Å²) < 4.78 is 19.0. The van der Waals surface area contributed by atoms with Gasteiger partial charge in [0.05, 0.1) is 24.6 Å². The number of likely N-dealkylation sites (tertiary alicyclic amines) is 1. The minimum atomic E-state index is -0.275. The van der Waals surface area contributed by atoms with E-state index in [0.717, 1.165) is 36.2 Å². The predicted molar refractivity (Wildman–Crippen MR) is 109 cm³/mol. The molecule has 1 aromatic heterocycles.